The molecule has 0 aromatic heterocycles. The van der Waals surface area contributed by atoms with Gasteiger partial charge in [0.25, 0.3) is 0 Å². The Kier molecular flexibility index (Phi) is 6.76. The molecule has 0 heterocycles. The monoisotopic (exact) mass is 440 g/mol. The summed E-state index contributed by atoms with van der Waals surface area (Å²) >= 11 is 9.36. The maximum Gasteiger partial charge on any atom is 0.347 e. The number of esters is 1. The Morgan fingerprint density at radius 2 is 1.81 bits per heavy atom. The van der Waals surface area contributed by atoms with Crippen molar-refractivity contribution >= 4 is 45.3 Å². The predicted molar refractivity (Wildman–Crippen MR) is 97.7 cm³/mol. The molecule has 0 radical (unpaired) electrons. The first kappa shape index (κ1) is 19.9. The van der Waals surface area contributed by atoms with E-state index in [9.17, 15) is 14.4 Å². The zero-order chi connectivity index (χ0) is 19.3. The van der Waals surface area contributed by atoms with Crippen LogP contribution in [0.25, 0.3) is 0 Å². The molecule has 0 saturated heterocycles. The summed E-state index contributed by atoms with van der Waals surface area (Å²) in [6.07, 6.45) is -1.82. The highest BCUT2D eigenvalue weighted by Gasteiger charge is 2.24. The summed E-state index contributed by atoms with van der Waals surface area (Å²) in [5.74, 6) is -2.04. The first-order chi connectivity index (χ1) is 12.3. The van der Waals surface area contributed by atoms with Crippen LogP contribution in [0.3, 0.4) is 0 Å². The van der Waals surface area contributed by atoms with E-state index >= 15 is 0 Å². The minimum Gasteiger partial charge on any atom is -0.481 e. The van der Waals surface area contributed by atoms with E-state index in [1.54, 1.807) is 18.2 Å². The Hall–Kier alpha value is -2.38. The van der Waals surface area contributed by atoms with Gasteiger partial charge >= 0.3 is 11.9 Å². The third-order valence-electron chi connectivity index (χ3n) is 3.39. The van der Waals surface area contributed by atoms with Gasteiger partial charge in [-0.1, -0.05) is 27.5 Å². The Labute approximate surface area is 162 Å². The van der Waals surface area contributed by atoms with Crippen molar-refractivity contribution in [1.29, 1.82) is 0 Å². The number of rotatable bonds is 7. The third kappa shape index (κ3) is 5.06. The number of hydrogen-bond acceptors (Lipinski definition) is 5. The second-order valence-electron chi connectivity index (χ2n) is 5.21. The molecule has 26 heavy (non-hydrogen) atoms. The molecule has 2 aromatic carbocycles. The number of carbonyl (C=O) groups is 3. The number of carboxylic acids is 1. The van der Waals surface area contributed by atoms with Crippen molar-refractivity contribution in [3.8, 4) is 5.75 Å². The molecule has 1 unspecified atom stereocenters. The van der Waals surface area contributed by atoms with Crippen LogP contribution in [0.15, 0.2) is 46.9 Å². The molecule has 0 aliphatic heterocycles. The number of ketones is 1. The Morgan fingerprint density at radius 1 is 1.15 bits per heavy atom. The second-order valence-corrected chi connectivity index (χ2v) is 6.53. The Morgan fingerprint density at radius 3 is 2.38 bits per heavy atom. The maximum absolute atomic E-state index is 12.6. The van der Waals surface area contributed by atoms with Crippen molar-refractivity contribution in [2.45, 2.75) is 12.5 Å². The van der Waals surface area contributed by atoms with E-state index in [-0.39, 0.29) is 11.5 Å². The fraction of sp³-hybridized carbons (Fsp3) is 0.167. The molecule has 1 atom stereocenters. The van der Waals surface area contributed by atoms with E-state index in [4.69, 9.17) is 21.4 Å². The summed E-state index contributed by atoms with van der Waals surface area (Å²) < 4.78 is 10.6. The molecule has 0 aliphatic rings. The van der Waals surface area contributed by atoms with E-state index in [1.807, 2.05) is 0 Å². The fourth-order valence-corrected chi connectivity index (χ4v) is 2.70. The van der Waals surface area contributed by atoms with E-state index in [2.05, 4.69) is 20.7 Å². The first-order valence-corrected chi connectivity index (χ1v) is 8.55. The van der Waals surface area contributed by atoms with Crippen LogP contribution in [0.1, 0.15) is 22.3 Å². The highest BCUT2D eigenvalue weighted by molar-refractivity contribution is 9.10. The molecule has 1 N–H and O–H groups in total. The van der Waals surface area contributed by atoms with Crippen LogP contribution in [0, 0.1) is 0 Å². The van der Waals surface area contributed by atoms with Crippen molar-refractivity contribution < 1.29 is 29.0 Å². The first-order valence-electron chi connectivity index (χ1n) is 7.38. The lowest BCUT2D eigenvalue weighted by molar-refractivity contribution is -0.154. The van der Waals surface area contributed by atoms with Gasteiger partial charge in [0.15, 0.2) is 5.78 Å². The van der Waals surface area contributed by atoms with Gasteiger partial charge in [-0.25, -0.2) is 4.79 Å². The van der Waals surface area contributed by atoms with Crippen LogP contribution >= 0.6 is 27.5 Å². The summed E-state index contributed by atoms with van der Waals surface area (Å²) in [4.78, 5) is 35.0. The molecular weight excluding hydrogens is 428 g/mol. The molecule has 0 fully saturated rings. The van der Waals surface area contributed by atoms with Gasteiger partial charge in [0.05, 0.1) is 18.6 Å². The topological polar surface area (TPSA) is 89.9 Å². The highest BCUT2D eigenvalue weighted by atomic mass is 79.9. The number of ether oxygens (including phenoxy) is 2. The van der Waals surface area contributed by atoms with Crippen LogP contribution in [0.5, 0.6) is 5.75 Å². The predicted octanol–water partition coefficient (Wildman–Crippen LogP) is 3.73. The summed E-state index contributed by atoms with van der Waals surface area (Å²) in [5, 5.41) is 9.17. The van der Waals surface area contributed by atoms with Gasteiger partial charge < -0.3 is 14.6 Å². The van der Waals surface area contributed by atoms with Crippen LogP contribution in [-0.4, -0.2) is 36.0 Å². The van der Waals surface area contributed by atoms with Gasteiger partial charge in [0.1, 0.15) is 5.75 Å². The fourth-order valence-electron chi connectivity index (χ4n) is 2.14. The molecule has 0 aliphatic carbocycles. The SMILES string of the molecule is COC(=O)C(CC(=O)O)Oc1ccc(C(=O)c2cc(Br)ccc2Cl)cc1. The Balaban J connectivity index is 2.19. The molecule has 8 heteroatoms. The van der Waals surface area contributed by atoms with Gasteiger partial charge in [0.2, 0.25) is 6.10 Å². The molecule has 0 saturated carbocycles. The number of benzene rings is 2. The van der Waals surface area contributed by atoms with Gasteiger partial charge in [-0.2, -0.15) is 0 Å². The van der Waals surface area contributed by atoms with Gasteiger partial charge in [0, 0.05) is 15.6 Å². The lowest BCUT2D eigenvalue weighted by Gasteiger charge is -2.15. The Bertz CT molecular complexity index is 834. The smallest absolute Gasteiger partial charge is 0.347 e. The zero-order valence-corrected chi connectivity index (χ0v) is 15.9. The highest BCUT2D eigenvalue weighted by Crippen LogP contribution is 2.25. The summed E-state index contributed by atoms with van der Waals surface area (Å²) in [5.41, 5.74) is 0.707. The molecular formula is C18H14BrClO6. The lowest BCUT2D eigenvalue weighted by atomic mass is 10.0. The number of hydrogen-bond donors (Lipinski definition) is 1. The number of halogens is 2. The average Bonchev–Trinajstić information content (AvgIpc) is 2.62. The molecule has 2 rings (SSSR count). The van der Waals surface area contributed by atoms with E-state index in [1.165, 1.54) is 24.3 Å². The minimum atomic E-state index is -1.28. The van der Waals surface area contributed by atoms with Crippen LogP contribution < -0.4 is 4.74 Å². The lowest BCUT2D eigenvalue weighted by Crippen LogP contribution is -2.31. The van der Waals surface area contributed by atoms with E-state index in [0.717, 1.165) is 11.6 Å². The number of carbonyl (C=O) groups excluding carboxylic acids is 2. The summed E-state index contributed by atoms with van der Waals surface area (Å²) in [6, 6.07) is 10.9. The standard InChI is InChI=1S/C18H14BrClO6/c1-25-18(24)15(9-16(21)22)26-12-5-2-10(3-6-12)17(23)13-8-11(19)4-7-14(13)20/h2-8,15H,9H2,1H3,(H,21,22). The minimum absolute atomic E-state index is 0.235. The largest absolute Gasteiger partial charge is 0.481 e. The van der Waals surface area contributed by atoms with Crippen LogP contribution in [-0.2, 0) is 14.3 Å². The number of methoxy groups -OCH3 is 1. The maximum atomic E-state index is 12.6. The van der Waals surface area contributed by atoms with Crippen molar-refractivity contribution in [1.82, 2.24) is 0 Å². The third-order valence-corrected chi connectivity index (χ3v) is 4.21. The van der Waals surface area contributed by atoms with Gasteiger partial charge in [-0.3, -0.25) is 9.59 Å². The molecule has 2 aromatic rings. The summed E-state index contributed by atoms with van der Waals surface area (Å²) in [6.45, 7) is 0. The molecule has 0 amide bonds. The summed E-state index contributed by atoms with van der Waals surface area (Å²) in [7, 11) is 1.14. The van der Waals surface area contributed by atoms with Crippen LogP contribution in [0.4, 0.5) is 0 Å². The van der Waals surface area contributed by atoms with E-state index < -0.39 is 24.5 Å². The quantitative estimate of drug-likeness (QED) is 0.520. The van der Waals surface area contributed by atoms with Crippen molar-refractivity contribution in [3.05, 3.63) is 63.1 Å². The van der Waals surface area contributed by atoms with Gasteiger partial charge in [-0.15, -0.1) is 0 Å². The number of aliphatic carboxylic acids is 1. The van der Waals surface area contributed by atoms with Crippen molar-refractivity contribution in [2.24, 2.45) is 0 Å². The van der Waals surface area contributed by atoms with Crippen molar-refractivity contribution in [2.75, 3.05) is 7.11 Å². The van der Waals surface area contributed by atoms with Crippen molar-refractivity contribution in [3.63, 3.8) is 0 Å². The average molecular weight is 442 g/mol. The zero-order valence-electron chi connectivity index (χ0n) is 13.6. The van der Waals surface area contributed by atoms with Gasteiger partial charge in [-0.05, 0) is 42.5 Å². The van der Waals surface area contributed by atoms with Crippen LogP contribution in [0.2, 0.25) is 5.02 Å². The second kappa shape index (κ2) is 8.82. The normalized spacial score (nSPS) is 11.5. The molecule has 6 nitrogen and oxygen atoms in total. The molecule has 0 bridgehead atoms. The molecule has 136 valence electrons. The number of carboxylic acid groups (broad SMARTS) is 1. The molecule has 0 spiro atoms. The van der Waals surface area contributed by atoms with E-state index in [0.29, 0.717) is 16.1 Å².